The van der Waals surface area contributed by atoms with Crippen molar-refractivity contribution in [2.24, 2.45) is 0 Å². The first-order valence-electron chi connectivity index (χ1n) is 8.29. The topological polar surface area (TPSA) is 68.6 Å². The molecule has 1 saturated heterocycles. The van der Waals surface area contributed by atoms with E-state index in [2.05, 4.69) is 0 Å². The minimum absolute atomic E-state index is 0.167. The zero-order valence-electron chi connectivity index (χ0n) is 14.7. The summed E-state index contributed by atoms with van der Waals surface area (Å²) >= 11 is 0.768. The third kappa shape index (κ3) is 3.80. The number of nitrogens with zero attached hydrogens (tertiary/aromatic N) is 2. The summed E-state index contributed by atoms with van der Waals surface area (Å²) in [7, 11) is 0. The van der Waals surface area contributed by atoms with Gasteiger partial charge < -0.3 is 9.30 Å². The van der Waals surface area contributed by atoms with Crippen LogP contribution in [0, 0.1) is 5.82 Å². The molecule has 140 valence electrons. The third-order valence-corrected chi connectivity index (χ3v) is 4.89. The highest BCUT2D eigenvalue weighted by Crippen LogP contribution is 2.34. The van der Waals surface area contributed by atoms with Crippen molar-refractivity contribution in [2.75, 3.05) is 6.61 Å². The second-order valence-corrected chi connectivity index (χ2v) is 6.75. The van der Waals surface area contributed by atoms with Crippen LogP contribution in [-0.4, -0.2) is 39.2 Å². The van der Waals surface area contributed by atoms with E-state index >= 15 is 0 Å². The van der Waals surface area contributed by atoms with Gasteiger partial charge in [-0.05, 0) is 68.1 Å². The van der Waals surface area contributed by atoms with E-state index in [4.69, 9.17) is 4.74 Å². The Morgan fingerprint density at radius 2 is 1.96 bits per heavy atom. The van der Waals surface area contributed by atoms with Crippen LogP contribution in [0.1, 0.15) is 19.5 Å². The van der Waals surface area contributed by atoms with E-state index in [1.165, 1.54) is 19.1 Å². The van der Waals surface area contributed by atoms with E-state index < -0.39 is 23.2 Å². The molecule has 1 fully saturated rings. The molecule has 3 rings (SSSR count). The van der Waals surface area contributed by atoms with E-state index in [0.29, 0.717) is 11.4 Å². The number of esters is 1. The Morgan fingerprint density at radius 3 is 2.63 bits per heavy atom. The highest BCUT2D eigenvalue weighted by atomic mass is 32.2. The second-order valence-electron chi connectivity index (χ2n) is 5.76. The Kier molecular flexibility index (Phi) is 5.46. The molecule has 1 aromatic carbocycles. The van der Waals surface area contributed by atoms with Gasteiger partial charge in [0.1, 0.15) is 11.9 Å². The molecule has 8 heteroatoms. The summed E-state index contributed by atoms with van der Waals surface area (Å²) in [6.45, 7) is 3.28. The molecule has 0 radical (unpaired) electrons. The maximum atomic E-state index is 13.1. The largest absolute Gasteiger partial charge is 0.464 e. The van der Waals surface area contributed by atoms with Gasteiger partial charge in [-0.2, -0.15) is 0 Å². The Bertz CT molecular complexity index is 920. The zero-order valence-corrected chi connectivity index (χ0v) is 15.5. The van der Waals surface area contributed by atoms with Crippen LogP contribution in [0.25, 0.3) is 11.8 Å². The molecular weight excluding hydrogens is 371 g/mol. The summed E-state index contributed by atoms with van der Waals surface area (Å²) < 4.78 is 19.8. The van der Waals surface area contributed by atoms with Crippen LogP contribution >= 0.6 is 11.8 Å². The van der Waals surface area contributed by atoms with E-state index in [0.717, 1.165) is 16.7 Å². The monoisotopic (exact) mass is 388 g/mol. The number of thioether (sulfide) groups is 1. The van der Waals surface area contributed by atoms with Gasteiger partial charge in [-0.25, -0.2) is 9.18 Å². The normalized spacial score (nSPS) is 16.9. The first-order chi connectivity index (χ1) is 12.9. The van der Waals surface area contributed by atoms with Crippen molar-refractivity contribution in [3.05, 3.63) is 59.0 Å². The molecule has 6 nitrogen and oxygen atoms in total. The molecule has 2 amide bonds. The summed E-state index contributed by atoms with van der Waals surface area (Å²) in [5.74, 6) is -1.52. The Balaban J connectivity index is 1.88. The quantitative estimate of drug-likeness (QED) is 0.578. The van der Waals surface area contributed by atoms with Crippen LogP contribution in [0.15, 0.2) is 47.5 Å². The van der Waals surface area contributed by atoms with Gasteiger partial charge in [-0.3, -0.25) is 14.5 Å². The van der Waals surface area contributed by atoms with Gasteiger partial charge in [0.05, 0.1) is 11.5 Å². The average Bonchev–Trinajstić information content (AvgIpc) is 3.20. The lowest BCUT2D eigenvalue weighted by Crippen LogP contribution is -2.42. The number of amides is 2. The van der Waals surface area contributed by atoms with Crippen LogP contribution in [0.3, 0.4) is 0 Å². The summed E-state index contributed by atoms with van der Waals surface area (Å²) in [4.78, 5) is 37.9. The van der Waals surface area contributed by atoms with Crippen molar-refractivity contribution in [1.29, 1.82) is 0 Å². The molecule has 2 aromatic rings. The van der Waals surface area contributed by atoms with Crippen molar-refractivity contribution in [3.8, 4) is 5.69 Å². The van der Waals surface area contributed by atoms with E-state index in [1.807, 2.05) is 0 Å². The number of carbonyl (C=O) groups is 3. The van der Waals surface area contributed by atoms with Gasteiger partial charge in [-0.1, -0.05) is 0 Å². The van der Waals surface area contributed by atoms with Gasteiger partial charge >= 0.3 is 5.97 Å². The first kappa shape index (κ1) is 18.9. The molecule has 0 N–H and O–H groups in total. The number of imide groups is 1. The van der Waals surface area contributed by atoms with Crippen molar-refractivity contribution in [3.63, 3.8) is 0 Å². The molecule has 0 aliphatic carbocycles. The molecule has 1 aliphatic rings. The lowest BCUT2D eigenvalue weighted by molar-refractivity contribution is -0.150. The zero-order chi connectivity index (χ0) is 19.6. The van der Waals surface area contributed by atoms with Crippen molar-refractivity contribution in [1.82, 2.24) is 9.47 Å². The van der Waals surface area contributed by atoms with Crippen LogP contribution in [0.5, 0.6) is 0 Å². The van der Waals surface area contributed by atoms with Crippen molar-refractivity contribution < 1.29 is 23.5 Å². The predicted octanol–water partition coefficient (Wildman–Crippen LogP) is 3.60. The lowest BCUT2D eigenvalue weighted by atomic mass is 10.2. The predicted molar refractivity (Wildman–Crippen MR) is 99.6 cm³/mol. The summed E-state index contributed by atoms with van der Waals surface area (Å²) in [6.07, 6.45) is 3.34. The van der Waals surface area contributed by atoms with E-state index in [1.54, 1.807) is 48.0 Å². The summed E-state index contributed by atoms with van der Waals surface area (Å²) in [5.41, 5.74) is 1.36. The first-order valence-corrected chi connectivity index (χ1v) is 9.11. The fourth-order valence-corrected chi connectivity index (χ4v) is 3.56. The molecule has 2 heterocycles. The minimum atomic E-state index is -0.993. The van der Waals surface area contributed by atoms with E-state index in [-0.39, 0.29) is 17.3 Å². The molecule has 1 aliphatic heterocycles. The minimum Gasteiger partial charge on any atom is -0.464 e. The van der Waals surface area contributed by atoms with Crippen LogP contribution < -0.4 is 0 Å². The summed E-state index contributed by atoms with van der Waals surface area (Å²) in [5, 5.41) is -0.522. The molecule has 0 bridgehead atoms. The number of rotatable bonds is 5. The molecule has 0 spiro atoms. The molecule has 0 unspecified atom stereocenters. The van der Waals surface area contributed by atoms with Crippen LogP contribution in [0.4, 0.5) is 9.18 Å². The Labute approximate surface area is 159 Å². The number of carbonyl (C=O) groups excluding carboxylic acids is 3. The smallest absolute Gasteiger partial charge is 0.329 e. The van der Waals surface area contributed by atoms with E-state index in [9.17, 15) is 18.8 Å². The number of aromatic nitrogens is 1. The maximum Gasteiger partial charge on any atom is 0.329 e. The SMILES string of the molecule is CCOC(=O)[C@@H](C)N1C(=O)S/C(=C/c2cccn2-c2ccc(F)cc2)C1=O. The van der Waals surface area contributed by atoms with Gasteiger partial charge in [0.25, 0.3) is 11.1 Å². The van der Waals surface area contributed by atoms with Gasteiger partial charge in [-0.15, -0.1) is 0 Å². The number of hydrogen-bond acceptors (Lipinski definition) is 5. The van der Waals surface area contributed by atoms with Crippen LogP contribution in [-0.2, 0) is 14.3 Å². The average molecular weight is 388 g/mol. The fourth-order valence-electron chi connectivity index (χ4n) is 2.66. The Morgan fingerprint density at radius 1 is 1.26 bits per heavy atom. The number of ether oxygens (including phenoxy) is 1. The molecule has 0 saturated carbocycles. The number of benzene rings is 1. The number of hydrogen-bond donors (Lipinski definition) is 0. The third-order valence-electron chi connectivity index (χ3n) is 4.00. The second kappa shape index (κ2) is 7.79. The highest BCUT2D eigenvalue weighted by molar-refractivity contribution is 8.18. The Hall–Kier alpha value is -2.87. The van der Waals surface area contributed by atoms with Gasteiger partial charge in [0.2, 0.25) is 0 Å². The van der Waals surface area contributed by atoms with Crippen molar-refractivity contribution >= 4 is 35.0 Å². The lowest BCUT2D eigenvalue weighted by Gasteiger charge is -2.19. The van der Waals surface area contributed by atoms with Crippen molar-refractivity contribution in [2.45, 2.75) is 19.9 Å². The molecule has 27 heavy (non-hydrogen) atoms. The fraction of sp³-hybridized carbons (Fsp3) is 0.211. The standard InChI is InChI=1S/C19H17FN2O4S/c1-3-26-18(24)12(2)22-17(23)16(27-19(22)25)11-15-5-4-10-21(15)14-8-6-13(20)7-9-14/h4-12H,3H2,1-2H3/b16-11+/t12-/m1/s1. The van der Waals surface area contributed by atoms with Crippen LogP contribution in [0.2, 0.25) is 0 Å². The van der Waals surface area contributed by atoms with Gasteiger partial charge in [0, 0.05) is 17.6 Å². The number of halogens is 1. The highest BCUT2D eigenvalue weighted by Gasteiger charge is 2.41. The summed E-state index contributed by atoms with van der Waals surface area (Å²) in [6, 6.07) is 8.46. The molecule has 1 atom stereocenters. The van der Waals surface area contributed by atoms with Gasteiger partial charge in [0.15, 0.2) is 0 Å². The molecular formula is C19H17FN2O4S. The maximum absolute atomic E-state index is 13.1. The molecule has 1 aromatic heterocycles.